The summed E-state index contributed by atoms with van der Waals surface area (Å²) in [6, 6.07) is 5.05. The summed E-state index contributed by atoms with van der Waals surface area (Å²) in [6.07, 6.45) is 4.54. The lowest BCUT2D eigenvalue weighted by Gasteiger charge is -2.39. The van der Waals surface area contributed by atoms with Crippen molar-refractivity contribution < 1.29 is 18.0 Å². The average Bonchev–Trinajstić information content (AvgIpc) is 2.97. The average molecular weight is 436 g/mol. The number of carbonyl (C=O) groups is 1. The van der Waals surface area contributed by atoms with Crippen molar-refractivity contribution in [2.45, 2.75) is 50.4 Å². The number of benzene rings is 1. The monoisotopic (exact) mass is 435 g/mol. The van der Waals surface area contributed by atoms with Gasteiger partial charge in [0.1, 0.15) is 0 Å². The molecule has 0 aromatic heterocycles. The van der Waals surface area contributed by atoms with Gasteiger partial charge in [0.2, 0.25) is 5.91 Å². The maximum Gasteiger partial charge on any atom is 0.416 e. The van der Waals surface area contributed by atoms with Gasteiger partial charge in [-0.3, -0.25) is 4.79 Å². The zero-order valence-corrected chi connectivity index (χ0v) is 17.5. The number of alkyl halides is 3. The molecule has 1 N–H and O–H groups in total. The minimum Gasteiger partial charge on any atom is -0.351 e. The number of allylic oxidation sites excluding steroid dienone is 2. The second-order valence-electron chi connectivity index (χ2n) is 8.30. The minimum atomic E-state index is -4.37. The van der Waals surface area contributed by atoms with Crippen LogP contribution in [0, 0.1) is 0 Å². The van der Waals surface area contributed by atoms with E-state index in [1.54, 1.807) is 4.90 Å². The molecule has 1 amide bonds. The highest BCUT2D eigenvalue weighted by Gasteiger charge is 2.45. The Morgan fingerprint density at radius 1 is 1.23 bits per heavy atom. The quantitative estimate of drug-likeness (QED) is 0.728. The van der Waals surface area contributed by atoms with Gasteiger partial charge in [-0.05, 0) is 62.2 Å². The lowest BCUT2D eigenvalue weighted by molar-refractivity contribution is -0.137. The summed E-state index contributed by atoms with van der Waals surface area (Å²) in [4.78, 5) is 16.7. The lowest BCUT2D eigenvalue weighted by atomic mass is 9.89. The van der Waals surface area contributed by atoms with E-state index in [2.05, 4.69) is 35.4 Å². The Hall–Kier alpha value is -2.35. The van der Waals surface area contributed by atoms with Crippen LogP contribution in [-0.2, 0) is 17.4 Å². The molecule has 160 valence electrons. The van der Waals surface area contributed by atoms with E-state index in [-0.39, 0.29) is 23.9 Å². The topological polar surface area (TPSA) is 35.6 Å². The van der Waals surface area contributed by atoms with E-state index in [0.29, 0.717) is 18.7 Å². The minimum absolute atomic E-state index is 0.0556. The Morgan fingerprint density at radius 2 is 1.90 bits per heavy atom. The molecule has 1 unspecified atom stereocenters. The summed E-state index contributed by atoms with van der Waals surface area (Å²) in [5, 5.41) is 4.18. The summed E-state index contributed by atoms with van der Waals surface area (Å²) in [5.41, 5.74) is 0.912. The third kappa shape index (κ3) is 3.97. The first-order valence-corrected chi connectivity index (χ1v) is 10.5. The molecule has 2 aliphatic heterocycles. The van der Waals surface area contributed by atoms with Gasteiger partial charge < -0.3 is 15.1 Å². The summed E-state index contributed by atoms with van der Waals surface area (Å²) in [6.45, 7) is 3.38. The second kappa shape index (κ2) is 7.72. The molecule has 0 saturated carbocycles. The highest BCUT2D eigenvalue weighted by molar-refractivity contribution is 7.80. The zero-order valence-electron chi connectivity index (χ0n) is 16.7. The fourth-order valence-electron chi connectivity index (χ4n) is 4.45. The first-order valence-electron chi connectivity index (χ1n) is 10.1. The van der Waals surface area contributed by atoms with Gasteiger partial charge >= 0.3 is 6.18 Å². The number of carbonyl (C=O) groups excluding carboxylic acids is 1. The molecule has 2 saturated heterocycles. The largest absolute Gasteiger partial charge is 0.416 e. The number of hydrogen-bond acceptors (Lipinski definition) is 2. The van der Waals surface area contributed by atoms with Crippen LogP contribution in [-0.4, -0.2) is 45.5 Å². The van der Waals surface area contributed by atoms with Crippen molar-refractivity contribution in [3.05, 3.63) is 59.3 Å². The van der Waals surface area contributed by atoms with Gasteiger partial charge in [-0.25, -0.2) is 0 Å². The summed E-state index contributed by atoms with van der Waals surface area (Å²) >= 11 is 5.60. The van der Waals surface area contributed by atoms with Crippen molar-refractivity contribution in [2.24, 2.45) is 0 Å². The fraction of sp³-hybridized carbons (Fsp3) is 0.455. The van der Waals surface area contributed by atoms with E-state index in [9.17, 15) is 18.0 Å². The maximum atomic E-state index is 12.7. The number of nitrogens with one attached hydrogen (secondary N) is 1. The molecule has 4 nitrogen and oxygen atoms in total. The van der Waals surface area contributed by atoms with Gasteiger partial charge in [0.15, 0.2) is 5.11 Å². The Morgan fingerprint density at radius 3 is 2.53 bits per heavy atom. The highest BCUT2D eigenvalue weighted by Crippen LogP contribution is 2.37. The molecule has 4 rings (SSSR count). The van der Waals surface area contributed by atoms with Crippen molar-refractivity contribution in [1.29, 1.82) is 0 Å². The number of hydrogen-bond donors (Lipinski definition) is 1. The van der Waals surface area contributed by atoms with Crippen molar-refractivity contribution >= 4 is 23.2 Å². The van der Waals surface area contributed by atoms with Gasteiger partial charge in [0.05, 0.1) is 17.5 Å². The van der Waals surface area contributed by atoms with Gasteiger partial charge in [0.25, 0.3) is 0 Å². The molecule has 1 aliphatic carbocycles. The van der Waals surface area contributed by atoms with Gasteiger partial charge in [-0.2, -0.15) is 13.2 Å². The fourth-order valence-corrected chi connectivity index (χ4v) is 4.92. The van der Waals surface area contributed by atoms with Crippen LogP contribution in [0.5, 0.6) is 0 Å². The van der Waals surface area contributed by atoms with E-state index in [1.807, 2.05) is 0 Å². The Balaban J connectivity index is 1.35. The molecule has 2 heterocycles. The molecule has 1 aromatic rings. The van der Waals surface area contributed by atoms with Crippen LogP contribution >= 0.6 is 12.2 Å². The van der Waals surface area contributed by atoms with Crippen LogP contribution in [0.2, 0.25) is 0 Å². The number of thiocarbonyl (C=S) groups is 1. The number of likely N-dealkylation sites (tertiary alicyclic amines) is 1. The first-order chi connectivity index (χ1) is 14.2. The maximum absolute atomic E-state index is 12.7. The zero-order chi connectivity index (χ0) is 21.5. The molecule has 2 fully saturated rings. The van der Waals surface area contributed by atoms with Crippen molar-refractivity contribution in [3.63, 3.8) is 0 Å². The number of nitrogens with zero attached hydrogens (tertiary/aromatic N) is 2. The van der Waals surface area contributed by atoms with E-state index in [0.717, 1.165) is 36.5 Å². The number of piperidine rings is 1. The summed E-state index contributed by atoms with van der Waals surface area (Å²) < 4.78 is 38.1. The summed E-state index contributed by atoms with van der Waals surface area (Å²) in [5.74, 6) is -0.0556. The highest BCUT2D eigenvalue weighted by atomic mass is 32.1. The Kier molecular flexibility index (Phi) is 5.38. The third-order valence-corrected chi connectivity index (χ3v) is 6.46. The molecule has 8 heteroatoms. The smallest absolute Gasteiger partial charge is 0.351 e. The lowest BCUT2D eigenvalue weighted by Crippen LogP contribution is -2.47. The van der Waals surface area contributed by atoms with E-state index >= 15 is 0 Å². The summed E-state index contributed by atoms with van der Waals surface area (Å²) in [7, 11) is 0. The molecule has 30 heavy (non-hydrogen) atoms. The number of fused-ring (bicyclic) bond motifs is 1. The Labute approximate surface area is 179 Å². The van der Waals surface area contributed by atoms with E-state index in [1.165, 1.54) is 17.8 Å². The van der Waals surface area contributed by atoms with Crippen LogP contribution in [0.25, 0.3) is 0 Å². The van der Waals surface area contributed by atoms with Crippen LogP contribution in [0.4, 0.5) is 13.2 Å². The molecule has 1 aromatic carbocycles. The molecule has 0 bridgehead atoms. The molecule has 1 atom stereocenters. The predicted octanol–water partition coefficient (Wildman–Crippen LogP) is 4.03. The number of rotatable bonds is 3. The normalized spacial score (nSPS) is 24.5. The van der Waals surface area contributed by atoms with E-state index in [4.69, 9.17) is 12.2 Å². The first kappa shape index (κ1) is 20.9. The molecule has 0 spiro atoms. The van der Waals surface area contributed by atoms with Crippen molar-refractivity contribution in [1.82, 2.24) is 15.1 Å². The Bertz CT molecular complexity index is 901. The number of amides is 1. The third-order valence-electron chi connectivity index (χ3n) is 6.16. The molecular weight excluding hydrogens is 411 g/mol. The van der Waals surface area contributed by atoms with Crippen LogP contribution in [0.15, 0.2) is 48.2 Å². The number of halogens is 3. The molecule has 3 aliphatic rings. The molecule has 0 radical (unpaired) electrons. The molecular formula is C22H24F3N3OS. The van der Waals surface area contributed by atoms with Crippen LogP contribution < -0.4 is 5.32 Å². The van der Waals surface area contributed by atoms with Crippen LogP contribution in [0.3, 0.4) is 0 Å². The predicted molar refractivity (Wildman–Crippen MR) is 113 cm³/mol. The SMILES string of the molecule is CC12CC=CC=C1N(C1CCN(C(=O)Cc3ccc(C(F)(F)F)cc3)CC1)C(=S)N2. The van der Waals surface area contributed by atoms with Crippen LogP contribution in [0.1, 0.15) is 37.3 Å². The van der Waals surface area contributed by atoms with Crippen molar-refractivity contribution in [3.8, 4) is 0 Å². The second-order valence-corrected chi connectivity index (χ2v) is 8.69. The standard InChI is InChI=1S/C22H24F3N3OS/c1-21-11-3-2-4-18(21)28(20(30)26-21)17-9-12-27(13-10-17)19(29)14-15-5-7-16(8-6-15)22(23,24)25/h2-8,17H,9-14H2,1H3,(H,26,30). The van der Waals surface area contributed by atoms with Gasteiger partial charge in [-0.15, -0.1) is 0 Å². The van der Waals surface area contributed by atoms with E-state index < -0.39 is 11.7 Å². The van der Waals surface area contributed by atoms with Gasteiger partial charge in [-0.1, -0.05) is 24.3 Å². The van der Waals surface area contributed by atoms with Crippen molar-refractivity contribution in [2.75, 3.05) is 13.1 Å². The van der Waals surface area contributed by atoms with Gasteiger partial charge in [0, 0.05) is 24.8 Å².